The van der Waals surface area contributed by atoms with Crippen LogP contribution in [0.1, 0.15) is 30.8 Å². The van der Waals surface area contributed by atoms with Crippen LogP contribution in [0.2, 0.25) is 0 Å². The molecule has 128 valence electrons. The number of carbonyl (C=O) groups excluding carboxylic acids is 2. The molecule has 1 heterocycles. The Kier molecular flexibility index (Phi) is 6.08. The second-order valence-electron chi connectivity index (χ2n) is 5.44. The number of nitrogens with one attached hydrogen (secondary N) is 2. The molecule has 0 aliphatic heterocycles. The second-order valence-corrected chi connectivity index (χ2v) is 5.44. The van der Waals surface area contributed by atoms with Crippen molar-refractivity contribution in [2.75, 3.05) is 19.0 Å². The number of ether oxygens (including phenoxy) is 1. The zero-order chi connectivity index (χ0) is 17.5. The van der Waals surface area contributed by atoms with E-state index in [1.807, 2.05) is 29.9 Å². The number of amides is 2. The first-order chi connectivity index (χ1) is 11.5. The Morgan fingerprint density at radius 1 is 1.29 bits per heavy atom. The lowest BCUT2D eigenvalue weighted by atomic mass is 10.1. The van der Waals surface area contributed by atoms with Crippen LogP contribution >= 0.6 is 0 Å². The number of methoxy groups -OCH3 is 1. The maximum atomic E-state index is 12.1. The van der Waals surface area contributed by atoms with Crippen molar-refractivity contribution >= 4 is 17.5 Å². The van der Waals surface area contributed by atoms with E-state index in [0.29, 0.717) is 12.3 Å². The monoisotopic (exact) mass is 330 g/mol. The molecule has 0 fully saturated rings. The fraction of sp³-hybridized carbons (Fsp3) is 0.353. The Morgan fingerprint density at radius 2 is 2.00 bits per heavy atom. The molecular weight excluding hydrogens is 308 g/mol. The third-order valence-electron chi connectivity index (χ3n) is 3.52. The molecule has 0 spiro atoms. The standard InChI is InChI=1S/C17H22N4O3/c1-12(22)19-14-6-4-13(5-7-14)16(17-18-9-10-21(17)2)20-15(23)8-11-24-3/h4-7,9-10,16H,8,11H2,1-3H3,(H,19,22)(H,20,23). The van der Waals surface area contributed by atoms with Crippen LogP contribution in [0.5, 0.6) is 0 Å². The number of carbonyl (C=O) groups is 2. The van der Waals surface area contributed by atoms with Gasteiger partial charge in [-0.1, -0.05) is 12.1 Å². The SMILES string of the molecule is COCCC(=O)NC(c1ccc(NC(C)=O)cc1)c1nccn1C. The highest BCUT2D eigenvalue weighted by molar-refractivity contribution is 5.88. The molecular formula is C17H22N4O3. The largest absolute Gasteiger partial charge is 0.384 e. The minimum absolute atomic E-state index is 0.115. The summed E-state index contributed by atoms with van der Waals surface area (Å²) in [6.45, 7) is 1.82. The van der Waals surface area contributed by atoms with Gasteiger partial charge < -0.3 is 19.9 Å². The van der Waals surface area contributed by atoms with E-state index in [-0.39, 0.29) is 24.3 Å². The summed E-state index contributed by atoms with van der Waals surface area (Å²) in [7, 11) is 3.44. The summed E-state index contributed by atoms with van der Waals surface area (Å²) in [6.07, 6.45) is 3.80. The smallest absolute Gasteiger partial charge is 0.223 e. The third-order valence-corrected chi connectivity index (χ3v) is 3.52. The maximum Gasteiger partial charge on any atom is 0.223 e. The Bertz CT molecular complexity index is 694. The Hall–Kier alpha value is -2.67. The van der Waals surface area contributed by atoms with E-state index in [9.17, 15) is 9.59 Å². The summed E-state index contributed by atoms with van der Waals surface area (Å²) in [4.78, 5) is 27.6. The van der Waals surface area contributed by atoms with Gasteiger partial charge >= 0.3 is 0 Å². The highest BCUT2D eigenvalue weighted by Crippen LogP contribution is 2.22. The zero-order valence-corrected chi connectivity index (χ0v) is 14.1. The van der Waals surface area contributed by atoms with Gasteiger partial charge in [-0.25, -0.2) is 4.98 Å². The summed E-state index contributed by atoms with van der Waals surface area (Å²) >= 11 is 0. The number of hydrogen-bond acceptors (Lipinski definition) is 4. The lowest BCUT2D eigenvalue weighted by Crippen LogP contribution is -2.31. The molecule has 1 aromatic carbocycles. The molecule has 7 nitrogen and oxygen atoms in total. The minimum atomic E-state index is -0.374. The molecule has 0 radical (unpaired) electrons. The predicted octanol–water partition coefficient (Wildman–Crippen LogP) is 1.62. The van der Waals surface area contributed by atoms with Crippen molar-refractivity contribution in [2.24, 2.45) is 7.05 Å². The number of imidazole rings is 1. The van der Waals surface area contributed by atoms with Crippen molar-refractivity contribution in [2.45, 2.75) is 19.4 Å². The molecule has 24 heavy (non-hydrogen) atoms. The van der Waals surface area contributed by atoms with Crippen molar-refractivity contribution in [3.63, 3.8) is 0 Å². The quantitative estimate of drug-likeness (QED) is 0.808. The fourth-order valence-electron chi connectivity index (χ4n) is 2.34. The van der Waals surface area contributed by atoms with Crippen LogP contribution in [0, 0.1) is 0 Å². The molecule has 0 bridgehead atoms. The summed E-state index contributed by atoms with van der Waals surface area (Å²) in [5.41, 5.74) is 1.58. The van der Waals surface area contributed by atoms with Crippen molar-refractivity contribution < 1.29 is 14.3 Å². The van der Waals surface area contributed by atoms with Gasteiger partial charge in [-0.05, 0) is 17.7 Å². The molecule has 1 aromatic heterocycles. The van der Waals surface area contributed by atoms with Crippen LogP contribution in [0.15, 0.2) is 36.7 Å². The number of aromatic nitrogens is 2. The molecule has 0 aliphatic carbocycles. The molecule has 2 amide bonds. The van der Waals surface area contributed by atoms with Crippen LogP contribution < -0.4 is 10.6 Å². The number of benzene rings is 1. The first-order valence-electron chi connectivity index (χ1n) is 7.64. The molecule has 1 atom stereocenters. The molecule has 0 saturated carbocycles. The lowest BCUT2D eigenvalue weighted by molar-refractivity contribution is -0.122. The molecule has 0 saturated heterocycles. The summed E-state index contributed by atoms with van der Waals surface area (Å²) < 4.78 is 6.81. The Balaban J connectivity index is 2.23. The molecule has 1 unspecified atom stereocenters. The first kappa shape index (κ1) is 17.7. The van der Waals surface area contributed by atoms with E-state index in [4.69, 9.17) is 4.74 Å². The van der Waals surface area contributed by atoms with Crippen molar-refractivity contribution in [3.8, 4) is 0 Å². The van der Waals surface area contributed by atoms with Crippen molar-refractivity contribution in [3.05, 3.63) is 48.0 Å². The van der Waals surface area contributed by atoms with Gasteiger partial charge in [0.2, 0.25) is 11.8 Å². The molecule has 2 N–H and O–H groups in total. The fourth-order valence-corrected chi connectivity index (χ4v) is 2.34. The van der Waals surface area contributed by atoms with Crippen LogP contribution in [-0.2, 0) is 21.4 Å². The van der Waals surface area contributed by atoms with Gasteiger partial charge in [0.25, 0.3) is 0 Å². The Morgan fingerprint density at radius 3 is 2.54 bits per heavy atom. The topological polar surface area (TPSA) is 85.2 Å². The van der Waals surface area contributed by atoms with Gasteiger partial charge in [-0.2, -0.15) is 0 Å². The van der Waals surface area contributed by atoms with Gasteiger partial charge in [-0.15, -0.1) is 0 Å². The average molecular weight is 330 g/mol. The number of anilines is 1. The second kappa shape index (κ2) is 8.26. The number of nitrogens with zero attached hydrogens (tertiary/aromatic N) is 2. The van der Waals surface area contributed by atoms with Crippen molar-refractivity contribution in [1.82, 2.24) is 14.9 Å². The summed E-state index contributed by atoms with van der Waals surface area (Å²) in [5.74, 6) is 0.486. The van der Waals surface area contributed by atoms with Gasteiger partial charge in [0.05, 0.1) is 6.61 Å². The first-order valence-corrected chi connectivity index (χ1v) is 7.64. The molecule has 0 aliphatic rings. The lowest BCUT2D eigenvalue weighted by Gasteiger charge is -2.19. The van der Waals surface area contributed by atoms with E-state index in [0.717, 1.165) is 11.4 Å². The zero-order valence-electron chi connectivity index (χ0n) is 14.1. The highest BCUT2D eigenvalue weighted by Gasteiger charge is 2.20. The van der Waals surface area contributed by atoms with Gasteiger partial charge in [-0.3, -0.25) is 9.59 Å². The van der Waals surface area contributed by atoms with Gasteiger partial charge in [0, 0.05) is 45.6 Å². The summed E-state index contributed by atoms with van der Waals surface area (Å²) in [6, 6.07) is 6.95. The van der Waals surface area contributed by atoms with E-state index >= 15 is 0 Å². The van der Waals surface area contributed by atoms with E-state index in [1.54, 1.807) is 25.4 Å². The molecule has 2 rings (SSSR count). The van der Waals surface area contributed by atoms with Gasteiger partial charge in [0.15, 0.2) is 0 Å². The average Bonchev–Trinajstić information content (AvgIpc) is 2.97. The predicted molar refractivity (Wildman–Crippen MR) is 90.4 cm³/mol. The van der Waals surface area contributed by atoms with Crippen LogP contribution in [0.25, 0.3) is 0 Å². The van der Waals surface area contributed by atoms with Crippen molar-refractivity contribution in [1.29, 1.82) is 0 Å². The third kappa shape index (κ3) is 4.66. The Labute approximate surface area is 141 Å². The number of hydrogen-bond donors (Lipinski definition) is 2. The van der Waals surface area contributed by atoms with E-state index < -0.39 is 0 Å². The highest BCUT2D eigenvalue weighted by atomic mass is 16.5. The molecule has 2 aromatic rings. The number of rotatable bonds is 7. The number of aryl methyl sites for hydroxylation is 1. The normalized spacial score (nSPS) is 11.8. The molecule has 7 heteroatoms. The maximum absolute atomic E-state index is 12.1. The van der Waals surface area contributed by atoms with Crippen LogP contribution in [0.4, 0.5) is 5.69 Å². The van der Waals surface area contributed by atoms with E-state index in [1.165, 1.54) is 6.92 Å². The summed E-state index contributed by atoms with van der Waals surface area (Å²) in [5, 5.41) is 5.70. The van der Waals surface area contributed by atoms with Gasteiger partial charge in [0.1, 0.15) is 11.9 Å². The van der Waals surface area contributed by atoms with E-state index in [2.05, 4.69) is 15.6 Å². The van der Waals surface area contributed by atoms with Crippen LogP contribution in [0.3, 0.4) is 0 Å². The minimum Gasteiger partial charge on any atom is -0.384 e. The van der Waals surface area contributed by atoms with Crippen LogP contribution in [-0.4, -0.2) is 35.1 Å².